The van der Waals surface area contributed by atoms with Crippen LogP contribution in [0.3, 0.4) is 0 Å². The minimum absolute atomic E-state index is 0.0191. The Morgan fingerprint density at radius 2 is 1.38 bits per heavy atom. The number of unbranched alkanes of at least 4 members (excludes halogenated alkanes) is 9. The van der Waals surface area contributed by atoms with Gasteiger partial charge in [-0.15, -0.1) is 0 Å². The van der Waals surface area contributed by atoms with E-state index in [4.69, 9.17) is 4.74 Å². The zero-order chi connectivity index (χ0) is 19.0. The van der Waals surface area contributed by atoms with E-state index in [0.29, 0.717) is 0 Å². The van der Waals surface area contributed by atoms with Crippen molar-refractivity contribution in [3.8, 4) is 0 Å². The highest BCUT2D eigenvalue weighted by molar-refractivity contribution is 14.1. The lowest BCUT2D eigenvalue weighted by Gasteiger charge is -2.29. The predicted molar refractivity (Wildman–Crippen MR) is 121 cm³/mol. The van der Waals surface area contributed by atoms with Gasteiger partial charge in [0, 0.05) is 0 Å². The second kappa shape index (κ2) is 16.2. The van der Waals surface area contributed by atoms with E-state index < -0.39 is 0 Å². The Hall–Kier alpha value is 0.200. The third-order valence-electron chi connectivity index (χ3n) is 5.84. The highest BCUT2D eigenvalue weighted by atomic mass is 127. The minimum atomic E-state index is 0.0191. The molecule has 0 radical (unpaired) electrons. The lowest BCUT2D eigenvalue weighted by atomic mass is 9.84. The lowest BCUT2D eigenvalue weighted by molar-refractivity contribution is -0.150. The van der Waals surface area contributed by atoms with Gasteiger partial charge in [0.2, 0.25) is 0 Å². The van der Waals surface area contributed by atoms with Gasteiger partial charge in [-0.05, 0) is 38.0 Å². The van der Waals surface area contributed by atoms with Crippen LogP contribution in [0.1, 0.15) is 123 Å². The molecule has 1 aliphatic carbocycles. The van der Waals surface area contributed by atoms with Crippen LogP contribution in [-0.4, -0.2) is 16.0 Å². The first-order valence-electron chi connectivity index (χ1n) is 11.5. The van der Waals surface area contributed by atoms with E-state index in [-0.39, 0.29) is 16.0 Å². The molecule has 1 unspecified atom stereocenters. The molecule has 0 spiro atoms. The fourth-order valence-electron chi connectivity index (χ4n) is 4.07. The molecule has 1 fully saturated rings. The summed E-state index contributed by atoms with van der Waals surface area (Å²) >= 11 is 2.23. The number of esters is 1. The van der Waals surface area contributed by atoms with Crippen molar-refractivity contribution in [2.45, 2.75) is 133 Å². The van der Waals surface area contributed by atoms with Crippen LogP contribution in [0.4, 0.5) is 0 Å². The van der Waals surface area contributed by atoms with Gasteiger partial charge in [0.25, 0.3) is 0 Å². The van der Waals surface area contributed by atoms with Crippen LogP contribution < -0.4 is 0 Å². The first-order chi connectivity index (χ1) is 12.7. The molecule has 0 heterocycles. The highest BCUT2D eigenvalue weighted by Crippen LogP contribution is 2.30. The number of rotatable bonds is 15. The predicted octanol–water partition coefficient (Wildman–Crippen LogP) is 8.00. The molecule has 0 aromatic rings. The van der Waals surface area contributed by atoms with Gasteiger partial charge >= 0.3 is 5.97 Å². The maximum Gasteiger partial charge on any atom is 0.319 e. The van der Waals surface area contributed by atoms with Crippen LogP contribution in [-0.2, 0) is 9.53 Å². The lowest BCUT2D eigenvalue weighted by Crippen LogP contribution is -2.28. The number of hydrogen-bond donors (Lipinski definition) is 0. The van der Waals surface area contributed by atoms with E-state index in [1.54, 1.807) is 0 Å². The Bertz CT molecular complexity index is 337. The van der Waals surface area contributed by atoms with Crippen LogP contribution in [0, 0.1) is 5.92 Å². The summed E-state index contributed by atoms with van der Waals surface area (Å²) in [7, 11) is 0. The smallest absolute Gasteiger partial charge is 0.319 e. The van der Waals surface area contributed by atoms with E-state index >= 15 is 0 Å². The minimum Gasteiger partial charge on any atom is -0.462 e. The number of hydrogen-bond acceptors (Lipinski definition) is 2. The Morgan fingerprint density at radius 3 is 1.92 bits per heavy atom. The Labute approximate surface area is 176 Å². The molecule has 154 valence electrons. The molecule has 3 heteroatoms. The molecule has 0 aromatic carbocycles. The van der Waals surface area contributed by atoms with Crippen LogP contribution in [0.15, 0.2) is 0 Å². The third kappa shape index (κ3) is 11.8. The molecule has 2 nitrogen and oxygen atoms in total. The van der Waals surface area contributed by atoms with Gasteiger partial charge in [-0.1, -0.05) is 113 Å². The summed E-state index contributed by atoms with van der Waals surface area (Å²) < 4.78 is 5.76. The van der Waals surface area contributed by atoms with Crippen molar-refractivity contribution in [1.82, 2.24) is 0 Å². The maximum atomic E-state index is 12.0. The molecule has 0 saturated heterocycles. The summed E-state index contributed by atoms with van der Waals surface area (Å²) in [5, 5.41) is 0. The summed E-state index contributed by atoms with van der Waals surface area (Å²) in [5.41, 5.74) is 0. The molecule has 0 amide bonds. The van der Waals surface area contributed by atoms with Crippen molar-refractivity contribution in [2.75, 3.05) is 0 Å². The SMILES string of the molecule is CCCCCCCCCCCCC1CCC(OC(=O)C(I)CCC)CC1. The topological polar surface area (TPSA) is 26.3 Å². The van der Waals surface area contributed by atoms with Gasteiger partial charge in [0.15, 0.2) is 0 Å². The number of halogens is 1. The molecule has 1 aliphatic rings. The fourth-order valence-corrected chi connectivity index (χ4v) is 4.84. The van der Waals surface area contributed by atoms with Gasteiger partial charge in [-0.2, -0.15) is 0 Å². The summed E-state index contributed by atoms with van der Waals surface area (Å²) in [5.74, 6) is 0.899. The molecule has 0 bridgehead atoms. The number of alkyl halides is 1. The Morgan fingerprint density at radius 1 is 0.846 bits per heavy atom. The summed E-state index contributed by atoms with van der Waals surface area (Å²) in [6.07, 6.45) is 22.5. The summed E-state index contributed by atoms with van der Waals surface area (Å²) in [4.78, 5) is 12.0. The monoisotopic (exact) mass is 478 g/mol. The average Bonchev–Trinajstić information content (AvgIpc) is 2.64. The molecule has 1 atom stereocenters. The van der Waals surface area contributed by atoms with Gasteiger partial charge < -0.3 is 4.74 Å². The van der Waals surface area contributed by atoms with E-state index in [9.17, 15) is 4.79 Å². The quantitative estimate of drug-likeness (QED) is 0.103. The summed E-state index contributed by atoms with van der Waals surface area (Å²) in [6.45, 7) is 4.41. The van der Waals surface area contributed by atoms with Crippen molar-refractivity contribution in [2.24, 2.45) is 5.92 Å². The van der Waals surface area contributed by atoms with Gasteiger partial charge in [-0.3, -0.25) is 4.79 Å². The van der Waals surface area contributed by atoms with E-state index in [1.807, 2.05) is 0 Å². The van der Waals surface area contributed by atoms with Crippen molar-refractivity contribution >= 4 is 28.6 Å². The maximum absolute atomic E-state index is 12.0. The first kappa shape index (κ1) is 24.2. The van der Waals surface area contributed by atoms with Crippen LogP contribution in [0.25, 0.3) is 0 Å². The van der Waals surface area contributed by atoms with Crippen molar-refractivity contribution in [3.05, 3.63) is 0 Å². The van der Waals surface area contributed by atoms with Crippen LogP contribution in [0.2, 0.25) is 0 Å². The Kier molecular flexibility index (Phi) is 15.1. The van der Waals surface area contributed by atoms with Gasteiger partial charge in [-0.25, -0.2) is 0 Å². The van der Waals surface area contributed by atoms with Gasteiger partial charge in [0.1, 0.15) is 10.0 Å². The normalized spacial score (nSPS) is 21.5. The largest absolute Gasteiger partial charge is 0.462 e. The number of carbonyl (C=O) groups is 1. The first-order valence-corrected chi connectivity index (χ1v) is 12.8. The molecule has 1 saturated carbocycles. The zero-order valence-corrected chi connectivity index (χ0v) is 19.6. The van der Waals surface area contributed by atoms with Gasteiger partial charge in [0.05, 0.1) is 0 Å². The van der Waals surface area contributed by atoms with E-state index in [0.717, 1.165) is 31.6 Å². The molecule has 0 aromatic heterocycles. The molecule has 26 heavy (non-hydrogen) atoms. The van der Waals surface area contributed by atoms with Crippen molar-refractivity contribution < 1.29 is 9.53 Å². The van der Waals surface area contributed by atoms with E-state index in [1.165, 1.54) is 83.5 Å². The van der Waals surface area contributed by atoms with Crippen LogP contribution >= 0.6 is 22.6 Å². The van der Waals surface area contributed by atoms with E-state index in [2.05, 4.69) is 36.4 Å². The highest BCUT2D eigenvalue weighted by Gasteiger charge is 2.25. The van der Waals surface area contributed by atoms with Crippen LogP contribution in [0.5, 0.6) is 0 Å². The summed E-state index contributed by atoms with van der Waals surface area (Å²) in [6, 6.07) is 0. The number of ether oxygens (including phenoxy) is 1. The fraction of sp³-hybridized carbons (Fsp3) is 0.957. The average molecular weight is 478 g/mol. The molecule has 1 rings (SSSR count). The molecule has 0 aliphatic heterocycles. The zero-order valence-electron chi connectivity index (χ0n) is 17.4. The number of carbonyl (C=O) groups excluding carboxylic acids is 1. The Balaban J connectivity index is 1.94. The molecular weight excluding hydrogens is 435 g/mol. The third-order valence-corrected chi connectivity index (χ3v) is 6.97. The molecular formula is C23H43IO2. The van der Waals surface area contributed by atoms with Crippen molar-refractivity contribution in [1.29, 1.82) is 0 Å². The standard InChI is InChI=1S/C23H43IO2/c1-3-5-6-7-8-9-10-11-12-13-15-20-16-18-21(19-17-20)26-23(25)22(24)14-4-2/h20-22H,3-19H2,1-2H3. The molecule has 0 N–H and O–H groups in total. The van der Waals surface area contributed by atoms with Crippen molar-refractivity contribution in [3.63, 3.8) is 0 Å². The second-order valence-corrected chi connectivity index (χ2v) is 9.81. The second-order valence-electron chi connectivity index (χ2n) is 8.31.